The van der Waals surface area contributed by atoms with E-state index < -0.39 is 28.5 Å². The van der Waals surface area contributed by atoms with Crippen molar-refractivity contribution < 1.29 is 28.7 Å². The van der Waals surface area contributed by atoms with E-state index in [1.165, 1.54) is 5.57 Å². The van der Waals surface area contributed by atoms with E-state index >= 15 is 0 Å². The number of hydrogen-bond donors (Lipinski definition) is 0. The molecule has 0 aromatic heterocycles. The van der Waals surface area contributed by atoms with E-state index in [1.54, 1.807) is 34.6 Å². The SMILES string of the molecule is CCC(=O)OC(C)C(=O)[C@@]1(OC(=O)C(C)(C)C)CC[C@H]2[C@@H]3CCC4=CC(=O)CC[C@]4(C)[C@H]3CC[C@@]21C. The Morgan fingerprint density at radius 2 is 1.69 bits per heavy atom. The molecule has 0 radical (unpaired) electrons. The fourth-order valence-electron chi connectivity index (χ4n) is 8.15. The van der Waals surface area contributed by atoms with Crippen LogP contribution in [0.1, 0.15) is 106 Å². The van der Waals surface area contributed by atoms with Crippen LogP contribution in [0.5, 0.6) is 0 Å². The number of ether oxygens (including phenoxy) is 2. The average molecular weight is 501 g/mol. The highest BCUT2D eigenvalue weighted by atomic mass is 16.6. The number of carbonyl (C=O) groups excluding carboxylic acids is 4. The number of rotatable bonds is 5. The van der Waals surface area contributed by atoms with E-state index in [0.717, 1.165) is 38.5 Å². The molecular formula is C30H44O6. The van der Waals surface area contributed by atoms with Gasteiger partial charge in [-0.1, -0.05) is 26.3 Å². The Morgan fingerprint density at radius 1 is 1.03 bits per heavy atom. The molecule has 0 spiro atoms. The van der Waals surface area contributed by atoms with Gasteiger partial charge >= 0.3 is 11.9 Å². The lowest BCUT2D eigenvalue weighted by atomic mass is 9.46. The van der Waals surface area contributed by atoms with Crippen molar-refractivity contribution in [2.24, 2.45) is 34.0 Å². The number of ketones is 2. The highest BCUT2D eigenvalue weighted by Gasteiger charge is 2.69. The number of hydrogen-bond acceptors (Lipinski definition) is 6. The maximum absolute atomic E-state index is 14.1. The van der Waals surface area contributed by atoms with Crippen molar-refractivity contribution in [3.8, 4) is 0 Å². The summed E-state index contributed by atoms with van der Waals surface area (Å²) in [5.74, 6) is 0.258. The van der Waals surface area contributed by atoms with Gasteiger partial charge in [0.2, 0.25) is 5.78 Å². The van der Waals surface area contributed by atoms with Crippen LogP contribution in [0.3, 0.4) is 0 Å². The summed E-state index contributed by atoms with van der Waals surface area (Å²) in [5, 5.41) is 0. The number of Topliss-reactive ketones (excluding diaryl/α,β-unsaturated/α-hetero) is 1. The largest absolute Gasteiger partial charge is 0.454 e. The zero-order chi connectivity index (χ0) is 26.7. The lowest BCUT2D eigenvalue weighted by molar-refractivity contribution is -0.201. The van der Waals surface area contributed by atoms with Gasteiger partial charge in [0.05, 0.1) is 5.41 Å². The lowest BCUT2D eigenvalue weighted by Gasteiger charge is -2.59. The van der Waals surface area contributed by atoms with E-state index in [-0.39, 0.29) is 35.3 Å². The Bertz CT molecular complexity index is 988. The summed E-state index contributed by atoms with van der Waals surface area (Å²) >= 11 is 0. The summed E-state index contributed by atoms with van der Waals surface area (Å²) in [7, 11) is 0. The number of fused-ring (bicyclic) bond motifs is 5. The summed E-state index contributed by atoms with van der Waals surface area (Å²) in [5.41, 5.74) is -1.25. The Hall–Kier alpha value is -1.98. The molecule has 0 bridgehead atoms. The van der Waals surface area contributed by atoms with Crippen LogP contribution in [0.4, 0.5) is 0 Å². The molecule has 6 nitrogen and oxygen atoms in total. The molecular weight excluding hydrogens is 456 g/mol. The summed E-state index contributed by atoms with van der Waals surface area (Å²) < 4.78 is 11.8. The Balaban J connectivity index is 1.71. The summed E-state index contributed by atoms with van der Waals surface area (Å²) in [6.45, 7) is 13.2. The molecule has 7 atom stereocenters. The first-order valence-corrected chi connectivity index (χ1v) is 13.9. The van der Waals surface area contributed by atoms with Gasteiger partial charge in [0.1, 0.15) is 0 Å². The second-order valence-corrected chi connectivity index (χ2v) is 13.3. The minimum Gasteiger partial charge on any atom is -0.454 e. The first-order valence-electron chi connectivity index (χ1n) is 13.9. The van der Waals surface area contributed by atoms with E-state index in [9.17, 15) is 19.2 Å². The van der Waals surface area contributed by atoms with Crippen molar-refractivity contribution in [2.75, 3.05) is 0 Å². The zero-order valence-corrected chi connectivity index (χ0v) is 23.2. The summed E-state index contributed by atoms with van der Waals surface area (Å²) in [6.07, 6.45) is 7.53. The van der Waals surface area contributed by atoms with Crippen LogP contribution in [0.25, 0.3) is 0 Å². The van der Waals surface area contributed by atoms with E-state index in [0.29, 0.717) is 24.7 Å². The Kier molecular flexibility index (Phi) is 6.84. The highest BCUT2D eigenvalue weighted by Crippen LogP contribution is 2.68. The lowest BCUT2D eigenvalue weighted by Crippen LogP contribution is -2.61. The molecule has 36 heavy (non-hydrogen) atoms. The van der Waals surface area contributed by atoms with Crippen molar-refractivity contribution in [1.82, 2.24) is 0 Å². The van der Waals surface area contributed by atoms with Crippen LogP contribution >= 0.6 is 0 Å². The van der Waals surface area contributed by atoms with Gasteiger partial charge in [0.25, 0.3) is 0 Å². The van der Waals surface area contributed by atoms with Gasteiger partial charge in [-0.05, 0) is 102 Å². The molecule has 4 aliphatic carbocycles. The molecule has 0 aromatic rings. The predicted octanol–water partition coefficient (Wildman–Crippen LogP) is 5.76. The van der Waals surface area contributed by atoms with Gasteiger partial charge < -0.3 is 9.47 Å². The maximum atomic E-state index is 14.1. The number of carbonyl (C=O) groups is 4. The predicted molar refractivity (Wildman–Crippen MR) is 136 cm³/mol. The van der Waals surface area contributed by atoms with Crippen LogP contribution < -0.4 is 0 Å². The molecule has 200 valence electrons. The van der Waals surface area contributed by atoms with Crippen LogP contribution in [0.15, 0.2) is 11.6 Å². The standard InChI is InChI=1S/C30H44O6/c1-8-24(32)35-18(2)25(33)30(36-26(34)27(3,4)5)16-13-23-21-10-9-19-17-20(31)11-14-28(19,6)22(21)12-15-29(23,30)7/h17-18,21-23H,8-16H2,1-7H3/t18?,21-,22+,23+,28+,29+,30+/m1/s1. The van der Waals surface area contributed by atoms with Gasteiger partial charge in [0.15, 0.2) is 17.5 Å². The molecule has 1 unspecified atom stereocenters. The van der Waals surface area contributed by atoms with Gasteiger partial charge in [-0.3, -0.25) is 19.2 Å². The topological polar surface area (TPSA) is 86.7 Å². The second kappa shape index (κ2) is 9.09. The van der Waals surface area contributed by atoms with Crippen molar-refractivity contribution in [1.29, 1.82) is 0 Å². The molecule has 0 heterocycles. The van der Waals surface area contributed by atoms with E-state index in [1.807, 2.05) is 6.08 Å². The van der Waals surface area contributed by atoms with Gasteiger partial charge in [-0.2, -0.15) is 0 Å². The van der Waals surface area contributed by atoms with E-state index in [2.05, 4.69) is 13.8 Å². The van der Waals surface area contributed by atoms with Crippen molar-refractivity contribution in [3.05, 3.63) is 11.6 Å². The molecule has 3 saturated carbocycles. The second-order valence-electron chi connectivity index (χ2n) is 13.3. The molecule has 0 amide bonds. The monoisotopic (exact) mass is 500 g/mol. The normalized spacial score (nSPS) is 38.7. The summed E-state index contributed by atoms with van der Waals surface area (Å²) in [4.78, 5) is 51.6. The van der Waals surface area contributed by atoms with E-state index in [4.69, 9.17) is 9.47 Å². The van der Waals surface area contributed by atoms with Crippen LogP contribution in [-0.4, -0.2) is 35.2 Å². The van der Waals surface area contributed by atoms with Crippen LogP contribution in [0.2, 0.25) is 0 Å². The molecule has 0 aromatic carbocycles. The first kappa shape index (κ1) is 27.1. The molecule has 0 aliphatic heterocycles. The highest BCUT2D eigenvalue weighted by molar-refractivity contribution is 5.96. The average Bonchev–Trinajstić information content (AvgIpc) is 3.11. The van der Waals surface area contributed by atoms with Gasteiger partial charge in [-0.25, -0.2) is 0 Å². The first-order chi connectivity index (χ1) is 16.7. The zero-order valence-electron chi connectivity index (χ0n) is 23.2. The van der Waals surface area contributed by atoms with Gasteiger partial charge in [-0.15, -0.1) is 0 Å². The third-order valence-corrected chi connectivity index (χ3v) is 10.3. The molecule has 0 saturated heterocycles. The molecule has 4 aliphatic rings. The number of allylic oxidation sites excluding steroid dienone is 1. The van der Waals surface area contributed by atoms with Crippen molar-refractivity contribution in [2.45, 2.75) is 118 Å². The molecule has 4 rings (SSSR count). The Morgan fingerprint density at radius 3 is 2.33 bits per heavy atom. The van der Waals surface area contributed by atoms with Crippen LogP contribution in [0, 0.1) is 34.0 Å². The van der Waals surface area contributed by atoms with Crippen molar-refractivity contribution >= 4 is 23.5 Å². The molecule has 6 heteroatoms. The fourth-order valence-corrected chi connectivity index (χ4v) is 8.15. The van der Waals surface area contributed by atoms with Gasteiger partial charge in [0, 0.05) is 18.3 Å². The third-order valence-electron chi connectivity index (χ3n) is 10.3. The smallest absolute Gasteiger partial charge is 0.312 e. The minimum atomic E-state index is -1.31. The number of esters is 2. The van der Waals surface area contributed by atoms with Crippen molar-refractivity contribution in [3.63, 3.8) is 0 Å². The third kappa shape index (κ3) is 4.07. The quantitative estimate of drug-likeness (QED) is 0.446. The molecule has 0 N–H and O–H groups in total. The van der Waals surface area contributed by atoms with Crippen LogP contribution in [-0.2, 0) is 28.7 Å². The fraction of sp³-hybridized carbons (Fsp3) is 0.800. The minimum absolute atomic E-state index is 0.0272. The summed E-state index contributed by atoms with van der Waals surface area (Å²) in [6, 6.07) is 0. The Labute approximate surface area is 215 Å². The maximum Gasteiger partial charge on any atom is 0.312 e. The molecule has 3 fully saturated rings.